The van der Waals surface area contributed by atoms with Gasteiger partial charge < -0.3 is 14.3 Å². The largest absolute Gasteiger partial charge is 0.710 e. The van der Waals surface area contributed by atoms with E-state index in [1.54, 1.807) is 12.4 Å². The second-order valence-corrected chi connectivity index (χ2v) is 10.3. The summed E-state index contributed by atoms with van der Waals surface area (Å²) in [5.41, 5.74) is 0. The van der Waals surface area contributed by atoms with Gasteiger partial charge in [0, 0.05) is 24.4 Å². The van der Waals surface area contributed by atoms with Crippen LogP contribution < -0.4 is 4.65 Å². The molecule has 0 atom stereocenters. The minimum atomic E-state index is -1.26. The number of benzene rings is 4. The van der Waals surface area contributed by atoms with Gasteiger partial charge in [-0.25, -0.2) is 0 Å². The fourth-order valence-corrected chi connectivity index (χ4v) is 5.09. The molecule has 0 aliphatic heterocycles. The van der Waals surface area contributed by atoms with E-state index in [2.05, 4.69) is 66.5 Å². The summed E-state index contributed by atoms with van der Waals surface area (Å²) in [5, 5.41) is 17.2. The molecule has 0 bridgehead atoms. The Labute approximate surface area is 239 Å². The van der Waals surface area contributed by atoms with Crippen LogP contribution in [0, 0.1) is 0 Å². The van der Waals surface area contributed by atoms with Gasteiger partial charge in [-0.05, 0) is 63.7 Å². The number of rotatable bonds is 14. The molecular weight excluding hydrogens is 493 g/mol. The SMILES string of the molecule is CCCCCCCCCCCCOB(O)Oc1cccc2ccc3cc4ccccc4cc3c12.c1ccncc1. The van der Waals surface area contributed by atoms with Gasteiger partial charge in [0.25, 0.3) is 0 Å². The molecule has 0 aliphatic rings. The Morgan fingerprint density at radius 2 is 1.25 bits per heavy atom. The monoisotopic (exact) mass is 535 g/mol. The molecule has 1 heterocycles. The maximum atomic E-state index is 10.4. The Bertz CT molecular complexity index is 1400. The zero-order valence-electron chi connectivity index (χ0n) is 23.8. The van der Waals surface area contributed by atoms with Crippen molar-refractivity contribution in [3.8, 4) is 5.75 Å². The van der Waals surface area contributed by atoms with Crippen LogP contribution in [0.2, 0.25) is 0 Å². The molecule has 1 N–H and O–H groups in total. The standard InChI is InChI=1S/C30H37BO3.C5H5N/c1-2-3-4-5-6-7-8-9-10-13-21-33-31(32)34-29-18-14-17-24-19-20-27-22-25-15-11-12-16-26(25)23-28(27)30(24)29;1-2-4-6-5-3-1/h11-12,14-20,22-23,32H,2-10,13,21H2,1H3;1-5H. The predicted molar refractivity (Wildman–Crippen MR) is 170 cm³/mol. The molecule has 40 heavy (non-hydrogen) atoms. The van der Waals surface area contributed by atoms with E-state index < -0.39 is 7.32 Å². The van der Waals surface area contributed by atoms with E-state index in [0.717, 1.165) is 34.4 Å². The summed E-state index contributed by atoms with van der Waals surface area (Å²) in [6, 6.07) is 28.7. The Hall–Kier alpha value is -3.41. The minimum absolute atomic E-state index is 0.508. The first-order valence-corrected chi connectivity index (χ1v) is 14.9. The predicted octanol–water partition coefficient (Wildman–Crippen LogP) is 9.52. The van der Waals surface area contributed by atoms with Crippen LogP contribution in [0.4, 0.5) is 0 Å². The summed E-state index contributed by atoms with van der Waals surface area (Å²) < 4.78 is 11.5. The van der Waals surface area contributed by atoms with Crippen LogP contribution in [-0.4, -0.2) is 23.9 Å². The van der Waals surface area contributed by atoms with Gasteiger partial charge in [-0.1, -0.05) is 119 Å². The van der Waals surface area contributed by atoms with Crippen LogP contribution in [0.25, 0.3) is 32.3 Å². The lowest BCUT2D eigenvalue weighted by atomic mass is 9.97. The smallest absolute Gasteiger partial charge is 0.511 e. The van der Waals surface area contributed by atoms with Gasteiger partial charge in [0.15, 0.2) is 0 Å². The molecular formula is C35H42BNO3. The highest BCUT2D eigenvalue weighted by atomic mass is 16.7. The lowest BCUT2D eigenvalue weighted by molar-refractivity contribution is 0.190. The summed E-state index contributed by atoms with van der Waals surface area (Å²) in [5.74, 6) is 0.647. The first kappa shape index (κ1) is 29.6. The van der Waals surface area contributed by atoms with Gasteiger partial charge in [-0.15, -0.1) is 0 Å². The number of aromatic nitrogens is 1. The maximum absolute atomic E-state index is 10.4. The van der Waals surface area contributed by atoms with Gasteiger partial charge in [0.1, 0.15) is 5.75 Å². The Kier molecular flexibility index (Phi) is 12.3. The highest BCUT2D eigenvalue weighted by Gasteiger charge is 2.20. The van der Waals surface area contributed by atoms with E-state index in [9.17, 15) is 5.02 Å². The van der Waals surface area contributed by atoms with E-state index in [4.69, 9.17) is 9.31 Å². The number of unbranched alkanes of at least 4 members (excludes halogenated alkanes) is 9. The second-order valence-electron chi connectivity index (χ2n) is 10.3. The molecule has 0 aliphatic carbocycles. The molecule has 0 spiro atoms. The van der Waals surface area contributed by atoms with Gasteiger partial charge in [-0.3, -0.25) is 4.98 Å². The van der Waals surface area contributed by atoms with Crippen LogP contribution in [0.5, 0.6) is 5.75 Å². The molecule has 0 fully saturated rings. The van der Waals surface area contributed by atoms with Crippen molar-refractivity contribution >= 4 is 39.6 Å². The summed E-state index contributed by atoms with van der Waals surface area (Å²) in [7, 11) is -1.26. The Morgan fingerprint density at radius 1 is 0.625 bits per heavy atom. The number of fused-ring (bicyclic) bond motifs is 4. The zero-order chi connectivity index (χ0) is 27.8. The third-order valence-corrected chi connectivity index (χ3v) is 7.24. The maximum Gasteiger partial charge on any atom is 0.710 e. The van der Waals surface area contributed by atoms with Gasteiger partial charge in [-0.2, -0.15) is 0 Å². The van der Waals surface area contributed by atoms with Crippen molar-refractivity contribution in [2.45, 2.75) is 71.1 Å². The Morgan fingerprint density at radius 3 is 1.90 bits per heavy atom. The molecule has 4 aromatic carbocycles. The molecule has 5 heteroatoms. The molecule has 1 aromatic heterocycles. The topological polar surface area (TPSA) is 51.6 Å². The van der Waals surface area contributed by atoms with Crippen molar-refractivity contribution in [3.05, 3.63) is 97.3 Å². The van der Waals surface area contributed by atoms with Crippen molar-refractivity contribution < 1.29 is 14.3 Å². The van der Waals surface area contributed by atoms with Gasteiger partial charge in [0.2, 0.25) is 0 Å². The van der Waals surface area contributed by atoms with E-state index in [1.807, 2.05) is 30.3 Å². The summed E-state index contributed by atoms with van der Waals surface area (Å²) in [6.45, 7) is 2.77. The third-order valence-electron chi connectivity index (χ3n) is 7.24. The van der Waals surface area contributed by atoms with E-state index in [1.165, 1.54) is 62.1 Å². The highest BCUT2D eigenvalue weighted by molar-refractivity contribution is 6.36. The third kappa shape index (κ3) is 9.07. The number of hydrogen-bond donors (Lipinski definition) is 1. The molecule has 0 unspecified atom stereocenters. The van der Waals surface area contributed by atoms with Gasteiger partial charge >= 0.3 is 7.32 Å². The molecule has 0 amide bonds. The molecule has 0 saturated heterocycles. The summed E-state index contributed by atoms with van der Waals surface area (Å²) in [4.78, 5) is 3.78. The second kappa shape index (κ2) is 16.6. The molecule has 5 rings (SSSR count). The average Bonchev–Trinajstić information content (AvgIpc) is 3.00. The van der Waals surface area contributed by atoms with Crippen LogP contribution in [0.3, 0.4) is 0 Å². The first-order valence-electron chi connectivity index (χ1n) is 14.9. The fourth-order valence-electron chi connectivity index (χ4n) is 5.09. The molecule has 4 nitrogen and oxygen atoms in total. The first-order chi connectivity index (χ1) is 19.8. The van der Waals surface area contributed by atoms with E-state index in [-0.39, 0.29) is 0 Å². The van der Waals surface area contributed by atoms with Crippen LogP contribution >= 0.6 is 0 Å². The van der Waals surface area contributed by atoms with Crippen molar-refractivity contribution in [1.82, 2.24) is 4.98 Å². The van der Waals surface area contributed by atoms with Crippen LogP contribution in [-0.2, 0) is 4.65 Å². The van der Waals surface area contributed by atoms with Crippen LogP contribution in [0.1, 0.15) is 71.1 Å². The van der Waals surface area contributed by atoms with Crippen molar-refractivity contribution in [3.63, 3.8) is 0 Å². The number of nitrogens with zero attached hydrogens (tertiary/aromatic N) is 1. The van der Waals surface area contributed by atoms with Crippen molar-refractivity contribution in [1.29, 1.82) is 0 Å². The zero-order valence-corrected chi connectivity index (χ0v) is 23.8. The van der Waals surface area contributed by atoms with Crippen molar-refractivity contribution in [2.75, 3.05) is 6.61 Å². The lowest BCUT2D eigenvalue weighted by Gasteiger charge is -2.14. The quantitative estimate of drug-likeness (QED) is 0.0666. The molecule has 0 radical (unpaired) electrons. The van der Waals surface area contributed by atoms with Gasteiger partial charge in [0.05, 0.1) is 0 Å². The molecule has 208 valence electrons. The average molecular weight is 536 g/mol. The van der Waals surface area contributed by atoms with E-state index >= 15 is 0 Å². The normalized spacial score (nSPS) is 10.9. The van der Waals surface area contributed by atoms with Crippen LogP contribution in [0.15, 0.2) is 97.3 Å². The molecule has 0 saturated carbocycles. The Balaban J connectivity index is 0.000000546. The number of hydrogen-bond acceptors (Lipinski definition) is 4. The lowest BCUT2D eigenvalue weighted by Crippen LogP contribution is -2.26. The number of pyridine rings is 1. The summed E-state index contributed by atoms with van der Waals surface area (Å²) >= 11 is 0. The highest BCUT2D eigenvalue weighted by Crippen LogP contribution is 2.35. The minimum Gasteiger partial charge on any atom is -0.511 e. The fraction of sp³-hybridized carbons (Fsp3) is 0.343. The summed E-state index contributed by atoms with van der Waals surface area (Å²) in [6.07, 6.45) is 16.2. The van der Waals surface area contributed by atoms with Crippen molar-refractivity contribution in [2.24, 2.45) is 0 Å². The molecule has 5 aromatic rings. The van der Waals surface area contributed by atoms with E-state index in [0.29, 0.717) is 12.4 Å².